The number of nitrogens with zero attached hydrogens (tertiary/aromatic N) is 1. The highest BCUT2D eigenvalue weighted by Gasteiger charge is 2.39. The Morgan fingerprint density at radius 2 is 1.30 bits per heavy atom. The van der Waals surface area contributed by atoms with Crippen molar-refractivity contribution >= 4 is 11.4 Å². The van der Waals surface area contributed by atoms with Gasteiger partial charge in [0.25, 0.3) is 0 Å². The van der Waals surface area contributed by atoms with Crippen LogP contribution in [0.15, 0.2) is 102 Å². The van der Waals surface area contributed by atoms with Crippen molar-refractivity contribution in [3.63, 3.8) is 0 Å². The van der Waals surface area contributed by atoms with Crippen molar-refractivity contribution in [3.8, 4) is 0 Å². The van der Waals surface area contributed by atoms with Crippen LogP contribution in [0.25, 0.3) is 5.70 Å². The highest BCUT2D eigenvalue weighted by molar-refractivity contribution is 5.90. The topological polar surface area (TPSA) is 3.24 Å². The van der Waals surface area contributed by atoms with Crippen LogP contribution in [0.2, 0.25) is 0 Å². The molecule has 0 aromatic heterocycles. The lowest BCUT2D eigenvalue weighted by Crippen LogP contribution is -2.34. The van der Waals surface area contributed by atoms with Gasteiger partial charge in [0.2, 0.25) is 0 Å². The molecule has 0 fully saturated rings. The third-order valence-corrected chi connectivity index (χ3v) is 7.06. The Kier molecular flexibility index (Phi) is 4.34. The van der Waals surface area contributed by atoms with Crippen molar-refractivity contribution in [1.82, 2.24) is 0 Å². The number of aryl methyl sites for hydroxylation is 1. The van der Waals surface area contributed by atoms with Crippen LogP contribution < -0.4 is 4.90 Å². The summed E-state index contributed by atoms with van der Waals surface area (Å²) in [6, 6.07) is 31.4. The maximum atomic E-state index is 2.63. The number of para-hydroxylation sites is 1. The monoisotopic (exact) mass is 389 g/mol. The molecule has 0 amide bonds. The molecule has 1 heterocycles. The van der Waals surface area contributed by atoms with Crippen molar-refractivity contribution in [2.24, 2.45) is 0 Å². The zero-order chi connectivity index (χ0) is 19.9. The van der Waals surface area contributed by atoms with Crippen LogP contribution in [-0.2, 0) is 6.42 Å². The molecule has 0 unspecified atom stereocenters. The van der Waals surface area contributed by atoms with Crippen molar-refractivity contribution < 1.29 is 0 Å². The molecule has 1 atom stereocenters. The molecule has 0 saturated carbocycles. The summed E-state index contributed by atoms with van der Waals surface area (Å²) in [5.41, 5.74) is 12.0. The summed E-state index contributed by atoms with van der Waals surface area (Å²) in [7, 11) is 0. The Hall–Kier alpha value is -3.06. The summed E-state index contributed by atoms with van der Waals surface area (Å²) < 4.78 is 0. The van der Waals surface area contributed by atoms with Gasteiger partial charge in [0.05, 0.1) is 5.70 Å². The number of anilines is 1. The molecule has 2 aliphatic carbocycles. The second kappa shape index (κ2) is 7.32. The van der Waals surface area contributed by atoms with Gasteiger partial charge < -0.3 is 4.90 Å². The molecular weight excluding hydrogens is 362 g/mol. The zero-order valence-corrected chi connectivity index (χ0v) is 17.4. The molecule has 0 N–H and O–H groups in total. The van der Waals surface area contributed by atoms with Crippen LogP contribution in [0.5, 0.6) is 0 Å². The van der Waals surface area contributed by atoms with Gasteiger partial charge in [-0.25, -0.2) is 0 Å². The Morgan fingerprint density at radius 3 is 2.13 bits per heavy atom. The highest BCUT2D eigenvalue weighted by atomic mass is 15.2. The Labute approximate surface area is 179 Å². The van der Waals surface area contributed by atoms with Gasteiger partial charge in [0.15, 0.2) is 0 Å². The Bertz CT molecular complexity index is 1140. The van der Waals surface area contributed by atoms with Crippen LogP contribution in [0.3, 0.4) is 0 Å². The maximum absolute atomic E-state index is 2.63. The number of hydrogen-bond donors (Lipinski definition) is 0. The summed E-state index contributed by atoms with van der Waals surface area (Å²) in [6.45, 7) is 0. The summed E-state index contributed by atoms with van der Waals surface area (Å²) in [5, 5.41) is 0. The smallest absolute Gasteiger partial charge is 0.0535 e. The zero-order valence-electron chi connectivity index (χ0n) is 17.4. The fraction of sp³-hybridized carbons (Fsp3) is 0.241. The highest BCUT2D eigenvalue weighted by Crippen LogP contribution is 2.53. The first-order valence-electron chi connectivity index (χ1n) is 11.3. The minimum absolute atomic E-state index is 0.435. The first kappa shape index (κ1) is 17.8. The van der Waals surface area contributed by atoms with Crippen molar-refractivity contribution in [2.45, 2.75) is 44.4 Å². The molecular formula is C29H27N. The van der Waals surface area contributed by atoms with Gasteiger partial charge in [-0.1, -0.05) is 72.8 Å². The lowest BCUT2D eigenvalue weighted by atomic mass is 9.70. The fourth-order valence-corrected chi connectivity index (χ4v) is 5.81. The van der Waals surface area contributed by atoms with Crippen LogP contribution in [-0.4, -0.2) is 0 Å². The molecule has 3 aromatic carbocycles. The molecule has 1 nitrogen and oxygen atoms in total. The van der Waals surface area contributed by atoms with Crippen molar-refractivity contribution in [2.75, 3.05) is 4.90 Å². The van der Waals surface area contributed by atoms with E-state index in [1.54, 1.807) is 16.8 Å². The molecule has 6 rings (SSSR count). The molecule has 0 bridgehead atoms. The van der Waals surface area contributed by atoms with Gasteiger partial charge in [0, 0.05) is 22.9 Å². The van der Waals surface area contributed by atoms with E-state index in [0.717, 1.165) is 12.8 Å². The van der Waals surface area contributed by atoms with E-state index >= 15 is 0 Å². The van der Waals surface area contributed by atoms with E-state index in [4.69, 9.17) is 0 Å². The first-order chi connectivity index (χ1) is 14.9. The van der Waals surface area contributed by atoms with Crippen molar-refractivity contribution in [3.05, 3.63) is 118 Å². The SMILES string of the molecule is c1ccc([C@@H]2C3=C(CCCC3)N(c3ccccc3)C3=C2CCc2ccccc23)cc1. The van der Waals surface area contributed by atoms with Gasteiger partial charge >= 0.3 is 0 Å². The van der Waals surface area contributed by atoms with Gasteiger partial charge in [0.1, 0.15) is 0 Å². The number of benzene rings is 3. The summed E-state index contributed by atoms with van der Waals surface area (Å²) in [5.74, 6) is 0.435. The average molecular weight is 390 g/mol. The molecule has 3 aliphatic rings. The standard InChI is InChI=1S/C29H27N/c1-3-12-22(13-4-1)28-25-17-9-10-18-27(25)30(23-14-5-2-6-15-23)29-24-16-8-7-11-21(24)19-20-26(28)29/h1-8,11-16,28H,9-10,17-20H2/t28-/m1/s1. The van der Waals surface area contributed by atoms with E-state index in [9.17, 15) is 0 Å². The second-order valence-corrected chi connectivity index (χ2v) is 8.72. The number of fused-ring (bicyclic) bond motifs is 2. The summed E-state index contributed by atoms with van der Waals surface area (Å²) in [4.78, 5) is 2.63. The van der Waals surface area contributed by atoms with Crippen molar-refractivity contribution in [1.29, 1.82) is 0 Å². The molecule has 0 saturated heterocycles. The van der Waals surface area contributed by atoms with Gasteiger partial charge in [-0.3, -0.25) is 0 Å². The molecule has 0 radical (unpaired) electrons. The van der Waals surface area contributed by atoms with Gasteiger partial charge in [-0.05, 0) is 72.9 Å². The minimum atomic E-state index is 0.435. The maximum Gasteiger partial charge on any atom is 0.0535 e. The van der Waals surface area contributed by atoms with E-state index in [1.807, 2.05) is 0 Å². The van der Waals surface area contributed by atoms with Crippen LogP contribution >= 0.6 is 0 Å². The molecule has 148 valence electrons. The van der Waals surface area contributed by atoms with Crippen LogP contribution in [0.4, 0.5) is 5.69 Å². The molecule has 0 spiro atoms. The first-order valence-corrected chi connectivity index (χ1v) is 11.3. The average Bonchev–Trinajstić information content (AvgIpc) is 2.83. The molecule has 3 aromatic rings. The van der Waals surface area contributed by atoms with Crippen LogP contribution in [0, 0.1) is 0 Å². The van der Waals surface area contributed by atoms with E-state index in [2.05, 4.69) is 89.8 Å². The van der Waals surface area contributed by atoms with Gasteiger partial charge in [-0.2, -0.15) is 0 Å². The predicted molar refractivity (Wildman–Crippen MR) is 125 cm³/mol. The van der Waals surface area contributed by atoms with E-state index < -0.39 is 0 Å². The second-order valence-electron chi connectivity index (χ2n) is 8.72. The molecule has 1 heteroatoms. The predicted octanol–water partition coefficient (Wildman–Crippen LogP) is 7.48. The normalized spacial score (nSPS) is 20.5. The third kappa shape index (κ3) is 2.76. The summed E-state index contributed by atoms with van der Waals surface area (Å²) in [6.07, 6.45) is 7.27. The number of hydrogen-bond acceptors (Lipinski definition) is 1. The largest absolute Gasteiger partial charge is 0.314 e. The quantitative estimate of drug-likeness (QED) is 0.439. The van der Waals surface area contributed by atoms with E-state index in [0.29, 0.717) is 5.92 Å². The molecule has 1 aliphatic heterocycles. The van der Waals surface area contributed by atoms with Gasteiger partial charge in [-0.15, -0.1) is 0 Å². The number of allylic oxidation sites excluding steroid dienone is 3. The third-order valence-electron chi connectivity index (χ3n) is 7.06. The summed E-state index contributed by atoms with van der Waals surface area (Å²) >= 11 is 0. The van der Waals surface area contributed by atoms with E-state index in [-0.39, 0.29) is 0 Å². The van der Waals surface area contributed by atoms with E-state index in [1.165, 1.54) is 53.8 Å². The molecule has 30 heavy (non-hydrogen) atoms. The lowest BCUT2D eigenvalue weighted by Gasteiger charge is -2.45. The minimum Gasteiger partial charge on any atom is -0.314 e. The van der Waals surface area contributed by atoms with Crippen LogP contribution in [0.1, 0.15) is 54.7 Å². The number of rotatable bonds is 2. The Balaban J connectivity index is 1.65. The lowest BCUT2D eigenvalue weighted by molar-refractivity contribution is 0.608. The Morgan fingerprint density at radius 1 is 0.600 bits per heavy atom. The fourth-order valence-electron chi connectivity index (χ4n) is 5.81.